The van der Waals surface area contributed by atoms with Crippen LogP contribution in [0.25, 0.3) is 0 Å². The molecule has 0 saturated heterocycles. The lowest BCUT2D eigenvalue weighted by atomic mass is 10.1. The van der Waals surface area contributed by atoms with Gasteiger partial charge in [-0.25, -0.2) is 0 Å². The molecule has 0 aromatic heterocycles. The van der Waals surface area contributed by atoms with Gasteiger partial charge in [0, 0.05) is 18.7 Å². The lowest BCUT2D eigenvalue weighted by Gasteiger charge is -2.23. The van der Waals surface area contributed by atoms with Crippen molar-refractivity contribution in [3.8, 4) is 0 Å². The molecule has 0 N–H and O–H groups in total. The molecule has 1 aromatic rings. The monoisotopic (exact) mass is 219 g/mol. The number of nitrogens with zero attached hydrogens (tertiary/aromatic N) is 1. The Hall–Kier alpha value is -1.31. The minimum atomic E-state index is 0.108. The minimum Gasteiger partial charge on any atom is -0.339 e. The van der Waals surface area contributed by atoms with Gasteiger partial charge in [0.2, 0.25) is 0 Å². The van der Waals surface area contributed by atoms with Gasteiger partial charge in [0.05, 0.1) is 0 Å². The molecule has 0 spiro atoms. The number of hydrogen-bond donors (Lipinski definition) is 0. The van der Waals surface area contributed by atoms with Crippen LogP contribution in [0, 0.1) is 0 Å². The van der Waals surface area contributed by atoms with E-state index in [0.717, 1.165) is 18.4 Å². The van der Waals surface area contributed by atoms with Crippen LogP contribution >= 0.6 is 0 Å². The molecular weight excluding hydrogens is 198 g/mol. The molecule has 1 unspecified atom stereocenters. The summed E-state index contributed by atoms with van der Waals surface area (Å²) in [6.07, 6.45) is 1.99. The van der Waals surface area contributed by atoms with Gasteiger partial charge in [0.1, 0.15) is 0 Å². The van der Waals surface area contributed by atoms with Gasteiger partial charge in [-0.2, -0.15) is 0 Å². The molecule has 2 nitrogen and oxygen atoms in total. The number of amides is 1. The molecule has 0 aliphatic carbocycles. The van der Waals surface area contributed by atoms with Gasteiger partial charge in [0.25, 0.3) is 5.91 Å². The molecule has 16 heavy (non-hydrogen) atoms. The Morgan fingerprint density at radius 1 is 1.25 bits per heavy atom. The van der Waals surface area contributed by atoms with Crippen LogP contribution < -0.4 is 0 Å². The summed E-state index contributed by atoms with van der Waals surface area (Å²) in [6.45, 7) is 6.27. The fraction of sp³-hybridized carbons (Fsp3) is 0.500. The fourth-order valence-corrected chi connectivity index (χ4v) is 1.56. The number of rotatable bonds is 4. The second-order valence-electron chi connectivity index (χ2n) is 4.22. The average molecular weight is 219 g/mol. The van der Waals surface area contributed by atoms with E-state index in [9.17, 15) is 4.79 Å². The molecule has 1 amide bonds. The van der Waals surface area contributed by atoms with Crippen LogP contribution in [0.15, 0.2) is 24.3 Å². The third kappa shape index (κ3) is 2.84. The summed E-state index contributed by atoms with van der Waals surface area (Å²) in [7, 11) is 1.87. The van der Waals surface area contributed by atoms with Crippen LogP contribution in [0.2, 0.25) is 0 Å². The smallest absolute Gasteiger partial charge is 0.253 e. The molecule has 0 aliphatic heterocycles. The first-order valence-electron chi connectivity index (χ1n) is 5.96. The second-order valence-corrected chi connectivity index (χ2v) is 4.22. The first-order chi connectivity index (χ1) is 7.60. The first-order valence-corrected chi connectivity index (χ1v) is 5.96. The van der Waals surface area contributed by atoms with E-state index in [0.29, 0.717) is 6.04 Å². The summed E-state index contributed by atoms with van der Waals surface area (Å²) in [5.41, 5.74) is 2.04. The highest BCUT2D eigenvalue weighted by Gasteiger charge is 2.15. The van der Waals surface area contributed by atoms with Gasteiger partial charge < -0.3 is 4.90 Å². The SMILES string of the molecule is CCc1ccc(C(=O)N(C)C(C)CC)cc1. The van der Waals surface area contributed by atoms with E-state index in [2.05, 4.69) is 20.8 Å². The van der Waals surface area contributed by atoms with E-state index in [-0.39, 0.29) is 5.91 Å². The lowest BCUT2D eigenvalue weighted by molar-refractivity contribution is 0.0740. The number of hydrogen-bond acceptors (Lipinski definition) is 1. The Bertz CT molecular complexity index is 342. The third-order valence-corrected chi connectivity index (χ3v) is 3.18. The van der Waals surface area contributed by atoms with Crippen LogP contribution in [0.1, 0.15) is 43.1 Å². The van der Waals surface area contributed by atoms with Crippen molar-refractivity contribution in [3.63, 3.8) is 0 Å². The molecule has 0 saturated carbocycles. The lowest BCUT2D eigenvalue weighted by Crippen LogP contribution is -2.34. The summed E-state index contributed by atoms with van der Waals surface area (Å²) < 4.78 is 0. The fourth-order valence-electron chi connectivity index (χ4n) is 1.56. The minimum absolute atomic E-state index is 0.108. The van der Waals surface area contributed by atoms with Crippen molar-refractivity contribution in [2.75, 3.05) is 7.05 Å². The maximum Gasteiger partial charge on any atom is 0.253 e. The second kappa shape index (κ2) is 5.69. The summed E-state index contributed by atoms with van der Waals surface area (Å²) in [5, 5.41) is 0. The van der Waals surface area contributed by atoms with Gasteiger partial charge >= 0.3 is 0 Å². The van der Waals surface area contributed by atoms with Crippen molar-refractivity contribution in [1.29, 1.82) is 0 Å². The molecule has 0 aliphatic rings. The van der Waals surface area contributed by atoms with Crippen LogP contribution in [0.4, 0.5) is 0 Å². The van der Waals surface area contributed by atoms with Crippen LogP contribution in [-0.2, 0) is 6.42 Å². The summed E-state index contributed by atoms with van der Waals surface area (Å²) in [6, 6.07) is 8.17. The Morgan fingerprint density at radius 2 is 1.81 bits per heavy atom. The molecule has 0 radical (unpaired) electrons. The van der Waals surface area contributed by atoms with Gasteiger partial charge in [0.15, 0.2) is 0 Å². The van der Waals surface area contributed by atoms with Gasteiger partial charge in [-0.3, -0.25) is 4.79 Å². The van der Waals surface area contributed by atoms with E-state index in [1.54, 1.807) is 4.90 Å². The Morgan fingerprint density at radius 3 is 2.25 bits per heavy atom. The van der Waals surface area contributed by atoms with Gasteiger partial charge in [-0.05, 0) is 37.5 Å². The summed E-state index contributed by atoms with van der Waals surface area (Å²) in [4.78, 5) is 13.9. The predicted molar refractivity (Wildman–Crippen MR) is 67.7 cm³/mol. The molecule has 0 bridgehead atoms. The predicted octanol–water partition coefficient (Wildman–Crippen LogP) is 3.12. The van der Waals surface area contributed by atoms with E-state index < -0.39 is 0 Å². The van der Waals surface area contributed by atoms with Crippen molar-refractivity contribution in [2.45, 2.75) is 39.7 Å². The maximum atomic E-state index is 12.1. The number of carbonyl (C=O) groups is 1. The standard InChI is InChI=1S/C14H21NO/c1-5-11(3)15(4)14(16)13-9-7-12(6-2)8-10-13/h7-11H,5-6H2,1-4H3. The summed E-state index contributed by atoms with van der Waals surface area (Å²) >= 11 is 0. The Balaban J connectivity index is 2.80. The number of aryl methyl sites for hydroxylation is 1. The zero-order chi connectivity index (χ0) is 12.1. The van der Waals surface area contributed by atoms with E-state index in [4.69, 9.17) is 0 Å². The first kappa shape index (κ1) is 12.8. The topological polar surface area (TPSA) is 20.3 Å². The van der Waals surface area contributed by atoms with Crippen LogP contribution in [0.5, 0.6) is 0 Å². The quantitative estimate of drug-likeness (QED) is 0.762. The Labute approximate surface area is 98.3 Å². The maximum absolute atomic E-state index is 12.1. The zero-order valence-electron chi connectivity index (χ0n) is 10.7. The molecule has 1 aromatic carbocycles. The molecule has 0 heterocycles. The molecule has 1 atom stereocenters. The van der Waals surface area contributed by atoms with Crippen LogP contribution in [-0.4, -0.2) is 23.9 Å². The van der Waals surface area contributed by atoms with Crippen molar-refractivity contribution in [2.24, 2.45) is 0 Å². The Kier molecular flexibility index (Phi) is 4.53. The molecule has 1 rings (SSSR count). The summed E-state index contributed by atoms with van der Waals surface area (Å²) in [5.74, 6) is 0.108. The van der Waals surface area contributed by atoms with Crippen molar-refractivity contribution in [3.05, 3.63) is 35.4 Å². The number of benzene rings is 1. The molecule has 88 valence electrons. The van der Waals surface area contributed by atoms with E-state index >= 15 is 0 Å². The normalized spacial score (nSPS) is 12.2. The van der Waals surface area contributed by atoms with Crippen molar-refractivity contribution in [1.82, 2.24) is 4.90 Å². The molecule has 2 heteroatoms. The largest absolute Gasteiger partial charge is 0.339 e. The third-order valence-electron chi connectivity index (χ3n) is 3.18. The highest BCUT2D eigenvalue weighted by molar-refractivity contribution is 5.94. The molecule has 0 fully saturated rings. The molecular formula is C14H21NO. The van der Waals surface area contributed by atoms with E-state index in [1.807, 2.05) is 31.3 Å². The highest BCUT2D eigenvalue weighted by Crippen LogP contribution is 2.10. The average Bonchev–Trinajstić information content (AvgIpc) is 2.36. The van der Waals surface area contributed by atoms with E-state index in [1.165, 1.54) is 5.56 Å². The van der Waals surface area contributed by atoms with Crippen molar-refractivity contribution < 1.29 is 4.79 Å². The number of carbonyl (C=O) groups excluding carboxylic acids is 1. The highest BCUT2D eigenvalue weighted by atomic mass is 16.2. The van der Waals surface area contributed by atoms with Crippen molar-refractivity contribution >= 4 is 5.91 Å². The van der Waals surface area contributed by atoms with Gasteiger partial charge in [-0.1, -0.05) is 26.0 Å². The zero-order valence-corrected chi connectivity index (χ0v) is 10.7. The van der Waals surface area contributed by atoms with Crippen LogP contribution in [0.3, 0.4) is 0 Å². The van der Waals surface area contributed by atoms with Gasteiger partial charge in [-0.15, -0.1) is 0 Å².